The van der Waals surface area contributed by atoms with Crippen LogP contribution in [-0.2, 0) is 4.79 Å². The molecule has 2 aliphatic rings. The molecule has 0 spiro atoms. The molecule has 2 fully saturated rings. The van der Waals surface area contributed by atoms with Gasteiger partial charge in [0, 0.05) is 36.5 Å². The molecular weight excluding hydrogens is 398 g/mol. The van der Waals surface area contributed by atoms with Crippen LogP contribution < -0.4 is 25.6 Å². The highest BCUT2D eigenvalue weighted by atomic mass is 16.5. The molecule has 3 N–H and O–H groups in total. The number of anilines is 3. The van der Waals surface area contributed by atoms with Gasteiger partial charge >= 0.3 is 6.03 Å². The summed E-state index contributed by atoms with van der Waals surface area (Å²) in [4.78, 5) is 30.1. The molecule has 0 bridgehead atoms. The lowest BCUT2D eigenvalue weighted by molar-refractivity contribution is -0.115. The summed E-state index contributed by atoms with van der Waals surface area (Å²) in [6.45, 7) is 0. The number of fused-ring (bicyclic) bond motifs is 1. The second kappa shape index (κ2) is 7.31. The lowest BCUT2D eigenvalue weighted by Crippen LogP contribution is -2.22. The minimum absolute atomic E-state index is 0.157. The Labute approximate surface area is 177 Å². The molecule has 1 aliphatic heterocycles. The Morgan fingerprint density at radius 1 is 1.26 bits per heavy atom. The van der Waals surface area contributed by atoms with Crippen molar-refractivity contribution in [3.8, 4) is 5.75 Å². The SMILES string of the molecule is COc1cccc(N(C)c2cc(NC3CC3)n3ncc(/C=C4\NC(=O)NC4=O)c3n2)c1. The third-order valence-corrected chi connectivity index (χ3v) is 5.22. The quantitative estimate of drug-likeness (QED) is 0.415. The third kappa shape index (κ3) is 3.63. The van der Waals surface area contributed by atoms with Gasteiger partial charge < -0.3 is 20.3 Å². The van der Waals surface area contributed by atoms with Crippen molar-refractivity contribution in [3.05, 3.63) is 47.8 Å². The number of nitrogens with one attached hydrogen (secondary N) is 3. The van der Waals surface area contributed by atoms with Crippen molar-refractivity contribution in [2.24, 2.45) is 0 Å². The van der Waals surface area contributed by atoms with Crippen LogP contribution in [0.5, 0.6) is 5.75 Å². The van der Waals surface area contributed by atoms with E-state index >= 15 is 0 Å². The maximum Gasteiger partial charge on any atom is 0.326 e. The number of urea groups is 1. The Morgan fingerprint density at radius 3 is 2.81 bits per heavy atom. The second-order valence-corrected chi connectivity index (χ2v) is 7.48. The first-order valence-electron chi connectivity index (χ1n) is 9.89. The molecule has 3 heterocycles. The highest BCUT2D eigenvalue weighted by molar-refractivity contribution is 6.14. The molecule has 3 amide bonds. The number of carbonyl (C=O) groups is 2. The van der Waals surface area contributed by atoms with Crippen molar-refractivity contribution >= 4 is 41.0 Å². The van der Waals surface area contributed by atoms with E-state index in [1.165, 1.54) is 0 Å². The van der Waals surface area contributed by atoms with Gasteiger partial charge in [-0.25, -0.2) is 9.78 Å². The lowest BCUT2D eigenvalue weighted by atomic mass is 10.2. The van der Waals surface area contributed by atoms with Crippen LogP contribution in [0.15, 0.2) is 42.2 Å². The van der Waals surface area contributed by atoms with E-state index in [0.717, 1.165) is 30.1 Å². The predicted octanol–water partition coefficient (Wildman–Crippen LogP) is 2.26. The minimum Gasteiger partial charge on any atom is -0.497 e. The van der Waals surface area contributed by atoms with E-state index in [1.807, 2.05) is 42.3 Å². The highest BCUT2D eigenvalue weighted by Crippen LogP contribution is 2.31. The van der Waals surface area contributed by atoms with Crippen molar-refractivity contribution < 1.29 is 14.3 Å². The number of nitrogens with zero attached hydrogens (tertiary/aromatic N) is 4. The topological polar surface area (TPSA) is 113 Å². The average Bonchev–Trinajstić information content (AvgIpc) is 3.41. The van der Waals surface area contributed by atoms with Crippen LogP contribution in [0.25, 0.3) is 11.7 Å². The fourth-order valence-electron chi connectivity index (χ4n) is 3.37. The van der Waals surface area contributed by atoms with Crippen LogP contribution in [-0.4, -0.2) is 46.7 Å². The molecule has 10 nitrogen and oxygen atoms in total. The van der Waals surface area contributed by atoms with Crippen molar-refractivity contribution in [2.45, 2.75) is 18.9 Å². The van der Waals surface area contributed by atoms with Gasteiger partial charge in [0.05, 0.1) is 13.3 Å². The third-order valence-electron chi connectivity index (χ3n) is 5.22. The normalized spacial score (nSPS) is 17.0. The Bertz CT molecular complexity index is 1230. The molecular formula is C21H21N7O3. The first-order chi connectivity index (χ1) is 15.0. The molecule has 0 unspecified atom stereocenters. The Hall–Kier alpha value is -4.08. The number of ether oxygens (including phenoxy) is 1. The molecule has 0 radical (unpaired) electrons. The molecule has 0 atom stereocenters. The molecule has 158 valence electrons. The van der Waals surface area contributed by atoms with Gasteiger partial charge in [0.2, 0.25) is 0 Å². The summed E-state index contributed by atoms with van der Waals surface area (Å²) in [6.07, 6.45) is 5.41. The molecule has 2 aromatic heterocycles. The van der Waals surface area contributed by atoms with Crippen LogP contribution in [0.2, 0.25) is 0 Å². The van der Waals surface area contributed by atoms with Gasteiger partial charge in [0.25, 0.3) is 5.91 Å². The van der Waals surface area contributed by atoms with Gasteiger partial charge in [0.1, 0.15) is 23.1 Å². The Morgan fingerprint density at radius 2 is 2.10 bits per heavy atom. The van der Waals surface area contributed by atoms with Crippen molar-refractivity contribution in [1.29, 1.82) is 0 Å². The summed E-state index contributed by atoms with van der Waals surface area (Å²) in [5.41, 5.74) is 2.25. The maximum atomic E-state index is 11.9. The number of imide groups is 1. The molecule has 10 heteroatoms. The number of methoxy groups -OCH3 is 1. The predicted molar refractivity (Wildman–Crippen MR) is 115 cm³/mol. The number of hydrogen-bond donors (Lipinski definition) is 3. The minimum atomic E-state index is -0.546. The second-order valence-electron chi connectivity index (χ2n) is 7.48. The summed E-state index contributed by atoms with van der Waals surface area (Å²) in [5.74, 6) is 1.77. The van der Waals surface area contributed by atoms with Crippen molar-refractivity contribution in [1.82, 2.24) is 25.2 Å². The van der Waals surface area contributed by atoms with Crippen LogP contribution in [0.3, 0.4) is 0 Å². The monoisotopic (exact) mass is 419 g/mol. The Kier molecular flexibility index (Phi) is 4.46. The van der Waals surface area contributed by atoms with E-state index in [4.69, 9.17) is 9.72 Å². The van der Waals surface area contributed by atoms with Gasteiger partial charge in [-0.1, -0.05) is 6.07 Å². The summed E-state index contributed by atoms with van der Waals surface area (Å²) in [7, 11) is 3.55. The van der Waals surface area contributed by atoms with Crippen molar-refractivity contribution in [2.75, 3.05) is 24.4 Å². The molecule has 1 aromatic carbocycles. The van der Waals surface area contributed by atoms with Crippen molar-refractivity contribution in [3.63, 3.8) is 0 Å². The smallest absolute Gasteiger partial charge is 0.326 e. The zero-order chi connectivity index (χ0) is 21.5. The Balaban J connectivity index is 1.60. The number of aromatic nitrogens is 3. The van der Waals surface area contributed by atoms with E-state index in [9.17, 15) is 9.59 Å². The van der Waals surface area contributed by atoms with Gasteiger partial charge in [-0.15, -0.1) is 0 Å². The number of amides is 3. The first-order valence-corrected chi connectivity index (χ1v) is 9.89. The molecule has 1 saturated heterocycles. The van der Waals surface area contributed by atoms with E-state index in [1.54, 1.807) is 23.9 Å². The summed E-state index contributed by atoms with van der Waals surface area (Å²) in [6, 6.07) is 9.51. The molecule has 1 aliphatic carbocycles. The average molecular weight is 419 g/mol. The zero-order valence-corrected chi connectivity index (χ0v) is 17.0. The number of carbonyl (C=O) groups excluding carboxylic acids is 2. The first kappa shape index (κ1) is 18.9. The van der Waals surface area contributed by atoms with Gasteiger partial charge in [-0.3, -0.25) is 10.1 Å². The molecule has 31 heavy (non-hydrogen) atoms. The lowest BCUT2D eigenvalue weighted by Gasteiger charge is -2.20. The van der Waals surface area contributed by atoms with Crippen LogP contribution >= 0.6 is 0 Å². The summed E-state index contributed by atoms with van der Waals surface area (Å²) >= 11 is 0. The number of hydrogen-bond acceptors (Lipinski definition) is 7. The van der Waals surface area contributed by atoms with Gasteiger partial charge in [-0.05, 0) is 31.1 Å². The van der Waals surface area contributed by atoms with Crippen LogP contribution in [0, 0.1) is 0 Å². The van der Waals surface area contributed by atoms with Gasteiger partial charge in [0.15, 0.2) is 5.65 Å². The molecule has 5 rings (SSSR count). The number of benzene rings is 1. The summed E-state index contributed by atoms with van der Waals surface area (Å²) in [5, 5.41) is 12.6. The largest absolute Gasteiger partial charge is 0.497 e. The van der Waals surface area contributed by atoms with E-state index in [-0.39, 0.29) is 5.70 Å². The molecule has 3 aromatic rings. The van der Waals surface area contributed by atoms with Crippen LogP contribution in [0.4, 0.5) is 22.1 Å². The highest BCUT2D eigenvalue weighted by Gasteiger charge is 2.25. The zero-order valence-electron chi connectivity index (χ0n) is 17.0. The van der Waals surface area contributed by atoms with E-state index in [2.05, 4.69) is 21.0 Å². The number of rotatable bonds is 6. The fourth-order valence-corrected chi connectivity index (χ4v) is 3.37. The van der Waals surface area contributed by atoms with Gasteiger partial charge in [-0.2, -0.15) is 9.61 Å². The van der Waals surface area contributed by atoms with E-state index < -0.39 is 11.9 Å². The summed E-state index contributed by atoms with van der Waals surface area (Å²) < 4.78 is 7.05. The van der Waals surface area contributed by atoms with E-state index in [0.29, 0.717) is 23.1 Å². The molecule has 1 saturated carbocycles. The van der Waals surface area contributed by atoms with Crippen LogP contribution in [0.1, 0.15) is 18.4 Å². The standard InChI is InChI=1S/C21H21N7O3/c1-27(14-4-3-5-15(9-14)31-2)17-10-18(23-13-6-7-13)28-19(25-17)12(11-22-28)8-16-20(29)26-21(30)24-16/h3-5,8-11,13,23H,6-7H2,1-2H3,(H2,24,26,29,30)/b16-8-. The maximum absolute atomic E-state index is 11.9. The fraction of sp³-hybridized carbons (Fsp3) is 0.238.